The van der Waals surface area contributed by atoms with Crippen LogP contribution in [-0.2, 0) is 4.79 Å². The van der Waals surface area contributed by atoms with Crippen LogP contribution in [0.3, 0.4) is 0 Å². The molecule has 0 aliphatic heterocycles. The number of nitrogens with zero attached hydrogens (tertiary/aromatic N) is 1. The summed E-state index contributed by atoms with van der Waals surface area (Å²) in [7, 11) is 0. The molecule has 1 aromatic rings. The van der Waals surface area contributed by atoms with Gasteiger partial charge in [-0.25, -0.2) is 4.39 Å². The summed E-state index contributed by atoms with van der Waals surface area (Å²) in [5.74, 6) is 4.59. The van der Waals surface area contributed by atoms with Gasteiger partial charge in [0.25, 0.3) is 0 Å². The van der Waals surface area contributed by atoms with Gasteiger partial charge in [-0.1, -0.05) is 11.8 Å². The largest absolute Gasteiger partial charge is 0.345 e. The van der Waals surface area contributed by atoms with Gasteiger partial charge in [-0.2, -0.15) is 5.26 Å². The van der Waals surface area contributed by atoms with E-state index in [-0.39, 0.29) is 18.0 Å². The van der Waals surface area contributed by atoms with Crippen LogP contribution in [0.1, 0.15) is 18.1 Å². The van der Waals surface area contributed by atoms with Crippen molar-refractivity contribution >= 4 is 5.91 Å². The number of hydrogen-bond donors (Lipinski definition) is 1. The van der Waals surface area contributed by atoms with Gasteiger partial charge in [0, 0.05) is 12.5 Å². The highest BCUT2D eigenvalue weighted by Gasteiger charge is 2.00. The average Bonchev–Trinajstić information content (AvgIpc) is 2.24. The quantitative estimate of drug-likeness (QED) is 0.717. The lowest BCUT2D eigenvalue weighted by molar-refractivity contribution is -0.118. The zero-order valence-electron chi connectivity index (χ0n) is 8.67. The van der Waals surface area contributed by atoms with Crippen molar-refractivity contribution in [2.75, 3.05) is 6.54 Å². The molecule has 0 unspecified atom stereocenters. The molecule has 1 N–H and O–H groups in total. The summed E-state index contributed by atoms with van der Waals surface area (Å²) in [6.45, 7) is 1.61. The Morgan fingerprint density at radius 3 is 2.88 bits per heavy atom. The van der Waals surface area contributed by atoms with E-state index in [0.717, 1.165) is 0 Å². The minimum atomic E-state index is -0.589. The van der Waals surface area contributed by atoms with Crippen LogP contribution < -0.4 is 5.32 Å². The Balaban J connectivity index is 2.72. The molecule has 4 heteroatoms. The van der Waals surface area contributed by atoms with Gasteiger partial charge >= 0.3 is 0 Å². The smallest absolute Gasteiger partial charge is 0.217 e. The molecule has 0 saturated heterocycles. The molecular formula is C12H9FN2O. The fraction of sp³-hybridized carbons (Fsp3) is 0.167. The van der Waals surface area contributed by atoms with Crippen molar-refractivity contribution in [3.63, 3.8) is 0 Å². The van der Waals surface area contributed by atoms with Crippen molar-refractivity contribution in [1.29, 1.82) is 5.26 Å². The zero-order valence-corrected chi connectivity index (χ0v) is 8.67. The van der Waals surface area contributed by atoms with Gasteiger partial charge in [0.05, 0.1) is 12.1 Å². The number of rotatable bonds is 1. The fourth-order valence-electron chi connectivity index (χ4n) is 0.998. The number of halogens is 1. The number of hydrogen-bond acceptors (Lipinski definition) is 2. The van der Waals surface area contributed by atoms with Crippen LogP contribution in [0.25, 0.3) is 0 Å². The van der Waals surface area contributed by atoms with Crippen LogP contribution in [0, 0.1) is 29.0 Å². The summed E-state index contributed by atoms with van der Waals surface area (Å²) in [5, 5.41) is 11.0. The molecule has 0 aliphatic carbocycles. The van der Waals surface area contributed by atoms with Crippen molar-refractivity contribution in [3.05, 3.63) is 35.1 Å². The first-order chi connectivity index (χ1) is 7.63. The molecule has 0 fully saturated rings. The summed E-state index contributed by atoms with van der Waals surface area (Å²) in [6, 6.07) is 5.85. The van der Waals surface area contributed by atoms with Crippen molar-refractivity contribution in [2.24, 2.45) is 0 Å². The Labute approximate surface area is 92.9 Å². The van der Waals surface area contributed by atoms with Gasteiger partial charge in [0.15, 0.2) is 0 Å². The van der Waals surface area contributed by atoms with Crippen molar-refractivity contribution in [2.45, 2.75) is 6.92 Å². The van der Waals surface area contributed by atoms with E-state index in [9.17, 15) is 9.18 Å². The molecule has 80 valence electrons. The molecular weight excluding hydrogens is 207 g/mol. The number of carbonyl (C=O) groups excluding carboxylic acids is 1. The van der Waals surface area contributed by atoms with E-state index in [2.05, 4.69) is 17.2 Å². The predicted octanol–water partition coefficient (Wildman–Crippen LogP) is 1.18. The van der Waals surface area contributed by atoms with E-state index in [4.69, 9.17) is 5.26 Å². The number of amides is 1. The predicted molar refractivity (Wildman–Crippen MR) is 56.7 cm³/mol. The summed E-state index contributed by atoms with van der Waals surface area (Å²) >= 11 is 0. The van der Waals surface area contributed by atoms with E-state index in [1.165, 1.54) is 19.1 Å². The first kappa shape index (κ1) is 11.7. The van der Waals surface area contributed by atoms with Gasteiger partial charge in [-0.3, -0.25) is 4.79 Å². The van der Waals surface area contributed by atoms with Crippen LogP contribution in [0.15, 0.2) is 18.2 Å². The highest BCUT2D eigenvalue weighted by atomic mass is 19.1. The summed E-state index contributed by atoms with van der Waals surface area (Å²) in [4.78, 5) is 10.5. The van der Waals surface area contributed by atoms with Crippen LogP contribution in [0.2, 0.25) is 0 Å². The Bertz CT molecular complexity index is 506. The second-order valence-corrected chi connectivity index (χ2v) is 3.02. The second kappa shape index (κ2) is 5.53. The van der Waals surface area contributed by atoms with Gasteiger partial charge < -0.3 is 5.32 Å². The van der Waals surface area contributed by atoms with Crippen molar-refractivity contribution < 1.29 is 9.18 Å². The van der Waals surface area contributed by atoms with E-state index in [0.29, 0.717) is 5.56 Å². The number of nitriles is 1. The number of carbonyl (C=O) groups is 1. The molecule has 0 atom stereocenters. The number of nitrogens with one attached hydrogen (secondary N) is 1. The lowest BCUT2D eigenvalue weighted by Gasteiger charge is -1.94. The lowest BCUT2D eigenvalue weighted by Crippen LogP contribution is -2.19. The molecule has 1 amide bonds. The third-order valence-electron chi connectivity index (χ3n) is 1.75. The monoisotopic (exact) mass is 216 g/mol. The van der Waals surface area contributed by atoms with Gasteiger partial charge in [-0.15, -0.1) is 0 Å². The van der Waals surface area contributed by atoms with Crippen LogP contribution in [0.5, 0.6) is 0 Å². The Hall–Kier alpha value is -2.33. The third-order valence-corrected chi connectivity index (χ3v) is 1.75. The molecule has 1 aromatic carbocycles. The standard InChI is InChI=1S/C12H9FN2O/c1-9(16)15-6-2-3-10-4-5-11(8-14)12(13)7-10/h4-5,7H,6H2,1H3,(H,15,16). The average molecular weight is 216 g/mol. The molecule has 0 saturated carbocycles. The maximum Gasteiger partial charge on any atom is 0.217 e. The Morgan fingerprint density at radius 2 is 2.31 bits per heavy atom. The molecule has 3 nitrogen and oxygen atoms in total. The van der Waals surface area contributed by atoms with E-state index in [1.54, 1.807) is 12.1 Å². The molecule has 16 heavy (non-hydrogen) atoms. The van der Waals surface area contributed by atoms with Crippen molar-refractivity contribution in [1.82, 2.24) is 5.32 Å². The van der Waals surface area contributed by atoms with E-state index < -0.39 is 5.82 Å². The van der Waals surface area contributed by atoms with E-state index in [1.807, 2.05) is 0 Å². The highest BCUT2D eigenvalue weighted by molar-refractivity contribution is 5.73. The number of benzene rings is 1. The minimum absolute atomic E-state index is 0.00703. The lowest BCUT2D eigenvalue weighted by atomic mass is 10.1. The maximum absolute atomic E-state index is 13.1. The normalized spacial score (nSPS) is 8.56. The third kappa shape index (κ3) is 3.43. The first-order valence-corrected chi connectivity index (χ1v) is 4.56. The topological polar surface area (TPSA) is 52.9 Å². The van der Waals surface area contributed by atoms with Crippen molar-refractivity contribution in [3.8, 4) is 17.9 Å². The molecule has 0 heterocycles. The molecule has 0 radical (unpaired) electrons. The minimum Gasteiger partial charge on any atom is -0.345 e. The summed E-state index contributed by atoms with van der Waals surface area (Å²) < 4.78 is 13.1. The maximum atomic E-state index is 13.1. The van der Waals surface area contributed by atoms with Crippen LogP contribution >= 0.6 is 0 Å². The Morgan fingerprint density at radius 1 is 1.56 bits per heavy atom. The van der Waals surface area contributed by atoms with E-state index >= 15 is 0 Å². The fourth-order valence-corrected chi connectivity index (χ4v) is 0.998. The summed E-state index contributed by atoms with van der Waals surface area (Å²) in [5.41, 5.74) is 0.467. The van der Waals surface area contributed by atoms with Gasteiger partial charge in [0.1, 0.15) is 11.9 Å². The molecule has 0 bridgehead atoms. The highest BCUT2D eigenvalue weighted by Crippen LogP contribution is 2.07. The molecule has 1 rings (SSSR count). The second-order valence-electron chi connectivity index (χ2n) is 3.02. The molecule has 0 aliphatic rings. The molecule has 0 aromatic heterocycles. The van der Waals surface area contributed by atoms with Crippen LogP contribution in [0.4, 0.5) is 4.39 Å². The Kier molecular flexibility index (Phi) is 4.06. The van der Waals surface area contributed by atoms with Gasteiger partial charge in [0.2, 0.25) is 5.91 Å². The zero-order chi connectivity index (χ0) is 12.0. The van der Waals surface area contributed by atoms with Crippen LogP contribution in [-0.4, -0.2) is 12.5 Å². The summed E-state index contributed by atoms with van der Waals surface area (Å²) in [6.07, 6.45) is 0. The SMILES string of the molecule is CC(=O)NCC#Cc1ccc(C#N)c(F)c1. The van der Waals surface area contributed by atoms with Gasteiger partial charge in [-0.05, 0) is 18.2 Å². The first-order valence-electron chi connectivity index (χ1n) is 4.56. The molecule has 0 spiro atoms.